The van der Waals surface area contributed by atoms with E-state index >= 15 is 0 Å². The summed E-state index contributed by atoms with van der Waals surface area (Å²) < 4.78 is 0. The average molecular weight is 290 g/mol. The lowest BCUT2D eigenvalue weighted by Gasteiger charge is -2.21. The van der Waals surface area contributed by atoms with Crippen LogP contribution in [0.1, 0.15) is 80.1 Å². The van der Waals surface area contributed by atoms with Crippen LogP contribution in [0.25, 0.3) is 0 Å². The van der Waals surface area contributed by atoms with Crippen molar-refractivity contribution < 1.29 is 19.6 Å². The maximum Gasteiger partial charge on any atom is 0.0977 e. The molecule has 0 heterocycles. The largest absolute Gasteiger partial charge is 0.236 e. The highest BCUT2D eigenvalue weighted by molar-refractivity contribution is 4.62. The van der Waals surface area contributed by atoms with Crippen molar-refractivity contribution in [1.82, 2.24) is 0 Å². The molecule has 20 heavy (non-hydrogen) atoms. The Morgan fingerprint density at radius 2 is 0.950 bits per heavy atom. The Hall–Kier alpha value is -0.160. The Balaban J connectivity index is 3.26. The number of rotatable bonds is 13. The monoisotopic (exact) mass is 290 g/mol. The zero-order chi connectivity index (χ0) is 15.5. The maximum atomic E-state index is 5.33. The summed E-state index contributed by atoms with van der Waals surface area (Å²) in [6, 6.07) is 0. The summed E-state index contributed by atoms with van der Waals surface area (Å²) in [4.78, 5) is 21.1. The van der Waals surface area contributed by atoms with E-state index < -0.39 is 0 Å². The number of hydrogen-bond donors (Lipinski definition) is 0. The molecule has 0 bridgehead atoms. The van der Waals surface area contributed by atoms with Gasteiger partial charge in [0.2, 0.25) is 0 Å². The molecule has 0 atom stereocenters. The van der Waals surface area contributed by atoms with Crippen LogP contribution >= 0.6 is 0 Å². The van der Waals surface area contributed by atoms with Gasteiger partial charge >= 0.3 is 0 Å². The van der Waals surface area contributed by atoms with Gasteiger partial charge < -0.3 is 0 Å². The number of unbranched alkanes of at least 4 members (excludes halogenated alkanes) is 3. The van der Waals surface area contributed by atoms with Crippen LogP contribution in [-0.4, -0.2) is 24.4 Å². The Morgan fingerprint density at radius 1 is 0.600 bits per heavy atom. The Kier molecular flexibility index (Phi) is 10.5. The molecule has 0 saturated carbocycles. The second kappa shape index (κ2) is 10.6. The summed E-state index contributed by atoms with van der Waals surface area (Å²) in [6.45, 7) is 13.6. The van der Waals surface area contributed by atoms with E-state index in [1.54, 1.807) is 0 Å². The van der Waals surface area contributed by atoms with E-state index in [0.717, 1.165) is 38.5 Å². The van der Waals surface area contributed by atoms with Gasteiger partial charge in [-0.1, -0.05) is 26.7 Å². The van der Waals surface area contributed by atoms with Crippen LogP contribution in [0.3, 0.4) is 0 Å². The highest BCUT2D eigenvalue weighted by atomic mass is 17.2. The molecule has 0 amide bonds. The van der Waals surface area contributed by atoms with Crippen molar-refractivity contribution >= 4 is 0 Å². The molecule has 0 spiro atoms. The molecule has 0 radical (unpaired) electrons. The fourth-order valence-corrected chi connectivity index (χ4v) is 1.20. The van der Waals surface area contributed by atoms with Gasteiger partial charge in [-0.2, -0.15) is 0 Å². The lowest BCUT2D eigenvalue weighted by atomic mass is 10.1. The topological polar surface area (TPSA) is 36.9 Å². The van der Waals surface area contributed by atoms with E-state index in [0.29, 0.717) is 13.2 Å². The molecule has 0 fully saturated rings. The van der Waals surface area contributed by atoms with Crippen LogP contribution in [0.2, 0.25) is 0 Å². The fraction of sp³-hybridized carbons (Fsp3) is 1.00. The Labute approximate surface area is 125 Å². The summed E-state index contributed by atoms with van der Waals surface area (Å²) >= 11 is 0. The molecule has 0 aromatic heterocycles. The van der Waals surface area contributed by atoms with E-state index in [2.05, 4.69) is 13.8 Å². The Bertz CT molecular complexity index is 203. The Morgan fingerprint density at radius 3 is 1.25 bits per heavy atom. The molecule has 0 N–H and O–H groups in total. The normalized spacial score (nSPS) is 12.9. The second-order valence-electron chi connectivity index (χ2n) is 6.45. The van der Waals surface area contributed by atoms with Crippen LogP contribution in [0, 0.1) is 0 Å². The highest BCUT2D eigenvalue weighted by Crippen LogP contribution is 2.15. The minimum atomic E-state index is -0.183. The summed E-state index contributed by atoms with van der Waals surface area (Å²) in [5, 5.41) is 0. The first kappa shape index (κ1) is 19.8. The molecule has 122 valence electrons. The molecule has 0 aromatic rings. The molecule has 0 rings (SSSR count). The zero-order valence-corrected chi connectivity index (χ0v) is 14.3. The molecule has 0 aliphatic rings. The van der Waals surface area contributed by atoms with E-state index in [1.165, 1.54) is 0 Å². The maximum absolute atomic E-state index is 5.33. The molecule has 4 heteroatoms. The van der Waals surface area contributed by atoms with Crippen molar-refractivity contribution in [1.29, 1.82) is 0 Å². The number of hydrogen-bond acceptors (Lipinski definition) is 4. The van der Waals surface area contributed by atoms with E-state index in [4.69, 9.17) is 19.6 Å². The second-order valence-corrected chi connectivity index (χ2v) is 6.45. The van der Waals surface area contributed by atoms with Gasteiger partial charge in [0.15, 0.2) is 0 Å². The van der Waals surface area contributed by atoms with E-state index in [9.17, 15) is 0 Å². The predicted octanol–water partition coefficient (Wildman–Crippen LogP) is 4.82. The molecule has 0 aliphatic heterocycles. The molecule has 0 aromatic carbocycles. The lowest BCUT2D eigenvalue weighted by molar-refractivity contribution is -0.355. The van der Waals surface area contributed by atoms with Gasteiger partial charge in [-0.3, -0.25) is 0 Å². The van der Waals surface area contributed by atoms with Crippen LogP contribution in [0.5, 0.6) is 0 Å². The molecule has 0 aliphatic carbocycles. The minimum Gasteiger partial charge on any atom is -0.236 e. The lowest BCUT2D eigenvalue weighted by Crippen LogP contribution is -2.23. The molecular formula is C16H34O4. The van der Waals surface area contributed by atoms with Gasteiger partial charge in [-0.15, -0.1) is 0 Å². The van der Waals surface area contributed by atoms with Crippen molar-refractivity contribution in [2.75, 3.05) is 13.2 Å². The first-order valence-electron chi connectivity index (χ1n) is 7.94. The van der Waals surface area contributed by atoms with Gasteiger partial charge in [-0.25, -0.2) is 19.6 Å². The fourth-order valence-electron chi connectivity index (χ4n) is 1.20. The van der Waals surface area contributed by atoms with Gasteiger partial charge in [-0.05, 0) is 53.4 Å². The van der Waals surface area contributed by atoms with Crippen molar-refractivity contribution in [3.05, 3.63) is 0 Å². The van der Waals surface area contributed by atoms with Gasteiger partial charge in [0.1, 0.15) is 0 Å². The standard InChI is InChI=1S/C16H34O4/c1-7-15(3,4)19-17-13-11-9-10-12-14-18-20-16(5,6)8-2/h7-14H2,1-6H3. The van der Waals surface area contributed by atoms with Crippen molar-refractivity contribution in [2.45, 2.75) is 91.3 Å². The average Bonchev–Trinajstić information content (AvgIpc) is 2.41. The van der Waals surface area contributed by atoms with Crippen LogP contribution in [-0.2, 0) is 19.6 Å². The van der Waals surface area contributed by atoms with Crippen LogP contribution < -0.4 is 0 Å². The third kappa shape index (κ3) is 11.6. The van der Waals surface area contributed by atoms with E-state index in [1.807, 2.05) is 27.7 Å². The van der Waals surface area contributed by atoms with Gasteiger partial charge in [0.05, 0.1) is 24.4 Å². The minimum absolute atomic E-state index is 0.183. The smallest absolute Gasteiger partial charge is 0.0977 e. The summed E-state index contributed by atoms with van der Waals surface area (Å²) in [7, 11) is 0. The van der Waals surface area contributed by atoms with Crippen LogP contribution in [0.15, 0.2) is 0 Å². The molecule has 0 saturated heterocycles. The predicted molar refractivity (Wildman–Crippen MR) is 81.3 cm³/mol. The third-order valence-electron chi connectivity index (χ3n) is 3.48. The summed E-state index contributed by atoms with van der Waals surface area (Å²) in [5.41, 5.74) is -0.367. The molecular weight excluding hydrogens is 256 g/mol. The van der Waals surface area contributed by atoms with E-state index in [-0.39, 0.29) is 11.2 Å². The van der Waals surface area contributed by atoms with Crippen molar-refractivity contribution in [3.63, 3.8) is 0 Å². The summed E-state index contributed by atoms with van der Waals surface area (Å²) in [6.07, 6.45) is 6.16. The first-order valence-corrected chi connectivity index (χ1v) is 7.94. The quantitative estimate of drug-likeness (QED) is 0.277. The SMILES string of the molecule is CCC(C)(C)OOCCCCCCOOC(C)(C)CC. The first-order chi connectivity index (χ1) is 9.33. The van der Waals surface area contributed by atoms with Crippen molar-refractivity contribution in [3.8, 4) is 0 Å². The zero-order valence-electron chi connectivity index (χ0n) is 14.3. The van der Waals surface area contributed by atoms with Gasteiger partial charge in [0, 0.05) is 0 Å². The molecule has 4 nitrogen and oxygen atoms in total. The summed E-state index contributed by atoms with van der Waals surface area (Å²) in [5.74, 6) is 0. The van der Waals surface area contributed by atoms with Gasteiger partial charge in [0.25, 0.3) is 0 Å². The van der Waals surface area contributed by atoms with Crippen molar-refractivity contribution in [2.24, 2.45) is 0 Å². The van der Waals surface area contributed by atoms with Crippen LogP contribution in [0.4, 0.5) is 0 Å². The highest BCUT2D eigenvalue weighted by Gasteiger charge is 2.17. The molecule has 0 unspecified atom stereocenters. The third-order valence-corrected chi connectivity index (χ3v) is 3.48.